The molecule has 0 aliphatic heterocycles. The standard InChI is InChI=1S/C29H33F2N5O3S/c1-4-39-16-18-10-23(30)28(24(31)11-18)26-6-5-21-15-34-27(36(21)35-26)13-20-14-33-8-7-22(20)19-9-17(2)29(25(32)12-19)40(3,37)38/h5-8,10-11,14-15,17,19,25,29H,4,9,12-13,16,32H2,1-3H3/t17-,19?,25+,29-/m0/s1. The molecule has 1 fully saturated rings. The minimum Gasteiger partial charge on any atom is -0.377 e. The van der Waals surface area contributed by atoms with Crippen molar-refractivity contribution in [3.63, 3.8) is 0 Å². The molecule has 1 aliphatic carbocycles. The van der Waals surface area contributed by atoms with Crippen LogP contribution in [0.5, 0.6) is 0 Å². The normalized spacial score (nSPS) is 21.6. The van der Waals surface area contributed by atoms with Gasteiger partial charge in [0.05, 0.1) is 34.8 Å². The van der Waals surface area contributed by atoms with Crippen molar-refractivity contribution >= 4 is 15.4 Å². The second-order valence-corrected chi connectivity index (χ2v) is 12.9. The van der Waals surface area contributed by atoms with Crippen LogP contribution in [0, 0.1) is 17.6 Å². The lowest BCUT2D eigenvalue weighted by atomic mass is 9.75. The molecule has 0 radical (unpaired) electrons. The number of hydrogen-bond acceptors (Lipinski definition) is 7. The summed E-state index contributed by atoms with van der Waals surface area (Å²) in [5.74, 6) is -0.872. The third-order valence-electron chi connectivity index (χ3n) is 7.71. The van der Waals surface area contributed by atoms with Gasteiger partial charge in [0.2, 0.25) is 0 Å². The number of nitrogens with zero attached hydrogens (tertiary/aromatic N) is 4. The minimum atomic E-state index is -3.26. The van der Waals surface area contributed by atoms with Gasteiger partial charge >= 0.3 is 0 Å². The summed E-state index contributed by atoms with van der Waals surface area (Å²) in [5, 5.41) is 3.99. The van der Waals surface area contributed by atoms with Gasteiger partial charge < -0.3 is 10.5 Å². The van der Waals surface area contributed by atoms with Crippen LogP contribution in [0.15, 0.2) is 48.9 Å². The molecular weight excluding hydrogens is 536 g/mol. The Labute approximate surface area is 232 Å². The van der Waals surface area contributed by atoms with Gasteiger partial charge in [-0.05, 0) is 78.6 Å². The number of ether oxygens (including phenoxy) is 1. The molecule has 2 N–H and O–H groups in total. The average Bonchev–Trinajstić information content (AvgIpc) is 3.28. The summed E-state index contributed by atoms with van der Waals surface area (Å²) < 4.78 is 61.5. The zero-order chi connectivity index (χ0) is 28.6. The van der Waals surface area contributed by atoms with Gasteiger partial charge in [-0.1, -0.05) is 6.92 Å². The number of benzene rings is 1. The van der Waals surface area contributed by atoms with Crippen LogP contribution in [0.25, 0.3) is 16.8 Å². The van der Waals surface area contributed by atoms with Crippen LogP contribution in [0.1, 0.15) is 55.1 Å². The molecule has 0 saturated heterocycles. The van der Waals surface area contributed by atoms with Crippen molar-refractivity contribution in [1.29, 1.82) is 0 Å². The average molecular weight is 570 g/mol. The first-order chi connectivity index (χ1) is 19.1. The van der Waals surface area contributed by atoms with Crippen molar-refractivity contribution in [2.75, 3.05) is 12.9 Å². The van der Waals surface area contributed by atoms with E-state index in [1.807, 2.05) is 19.9 Å². The Morgan fingerprint density at radius 2 is 1.88 bits per heavy atom. The summed E-state index contributed by atoms with van der Waals surface area (Å²) in [5.41, 5.74) is 9.37. The quantitative estimate of drug-likeness (QED) is 0.334. The zero-order valence-corrected chi connectivity index (χ0v) is 23.5. The third kappa shape index (κ3) is 5.63. The molecular formula is C29H33F2N5O3S. The molecule has 5 rings (SSSR count). The zero-order valence-electron chi connectivity index (χ0n) is 22.7. The van der Waals surface area contributed by atoms with Crippen LogP contribution < -0.4 is 5.73 Å². The molecule has 1 unspecified atom stereocenters. The number of hydrogen-bond donors (Lipinski definition) is 1. The van der Waals surface area contributed by atoms with Gasteiger partial charge in [-0.2, -0.15) is 5.10 Å². The summed E-state index contributed by atoms with van der Waals surface area (Å²) in [7, 11) is -3.26. The smallest absolute Gasteiger partial charge is 0.152 e. The van der Waals surface area contributed by atoms with Gasteiger partial charge in [0.25, 0.3) is 0 Å². The fourth-order valence-corrected chi connectivity index (χ4v) is 7.77. The van der Waals surface area contributed by atoms with Crippen LogP contribution in [-0.4, -0.2) is 52.2 Å². The first-order valence-corrected chi connectivity index (χ1v) is 15.3. The highest BCUT2D eigenvalue weighted by Gasteiger charge is 2.40. The molecule has 1 aliphatic rings. The number of rotatable bonds is 8. The van der Waals surface area contributed by atoms with E-state index in [-0.39, 0.29) is 29.7 Å². The Bertz CT molecular complexity index is 1610. The summed E-state index contributed by atoms with van der Waals surface area (Å²) in [6.45, 7) is 4.32. The van der Waals surface area contributed by atoms with E-state index in [9.17, 15) is 8.42 Å². The SMILES string of the molecule is CCOCc1cc(F)c(-c2ccc3cnc(Cc4cnccc4C4C[C@@H](N)[C@@H](S(C)(=O)=O)[C@@H](C)C4)n3n2)c(F)c1. The van der Waals surface area contributed by atoms with Gasteiger partial charge in [0.1, 0.15) is 17.5 Å². The Kier molecular flexibility index (Phi) is 7.98. The molecule has 0 amide bonds. The summed E-state index contributed by atoms with van der Waals surface area (Å²) >= 11 is 0. The molecule has 40 heavy (non-hydrogen) atoms. The second-order valence-electron chi connectivity index (χ2n) is 10.7. The molecule has 4 aromatic rings. The van der Waals surface area contributed by atoms with E-state index >= 15 is 8.78 Å². The van der Waals surface area contributed by atoms with Gasteiger partial charge in [0, 0.05) is 37.7 Å². The van der Waals surface area contributed by atoms with E-state index in [0.29, 0.717) is 42.8 Å². The van der Waals surface area contributed by atoms with Crippen LogP contribution in [0.3, 0.4) is 0 Å². The monoisotopic (exact) mass is 569 g/mol. The van der Waals surface area contributed by atoms with E-state index < -0.39 is 32.8 Å². The van der Waals surface area contributed by atoms with E-state index in [1.54, 1.807) is 35.2 Å². The number of pyridine rings is 1. The largest absolute Gasteiger partial charge is 0.377 e. The summed E-state index contributed by atoms with van der Waals surface area (Å²) in [6.07, 6.45) is 8.02. The van der Waals surface area contributed by atoms with E-state index in [1.165, 1.54) is 18.4 Å². The molecule has 212 valence electrons. The molecule has 11 heteroatoms. The Balaban J connectivity index is 1.46. The number of aromatic nitrogens is 4. The predicted octanol–water partition coefficient (Wildman–Crippen LogP) is 4.45. The predicted molar refractivity (Wildman–Crippen MR) is 148 cm³/mol. The molecule has 0 bridgehead atoms. The van der Waals surface area contributed by atoms with Crippen LogP contribution in [0.2, 0.25) is 0 Å². The molecule has 1 aromatic carbocycles. The molecule has 1 saturated carbocycles. The molecule has 8 nitrogen and oxygen atoms in total. The van der Waals surface area contributed by atoms with Gasteiger partial charge in [0.15, 0.2) is 9.84 Å². The highest BCUT2D eigenvalue weighted by atomic mass is 32.2. The maximum atomic E-state index is 15.0. The molecule has 4 atom stereocenters. The highest BCUT2D eigenvalue weighted by molar-refractivity contribution is 7.91. The van der Waals surface area contributed by atoms with Crippen molar-refractivity contribution in [1.82, 2.24) is 19.6 Å². The lowest BCUT2D eigenvalue weighted by molar-refractivity contribution is 0.133. The van der Waals surface area contributed by atoms with Gasteiger partial charge in [-0.3, -0.25) is 4.98 Å². The van der Waals surface area contributed by atoms with Gasteiger partial charge in [-0.25, -0.2) is 26.7 Å². The maximum Gasteiger partial charge on any atom is 0.152 e. The lowest BCUT2D eigenvalue weighted by Gasteiger charge is -2.38. The Morgan fingerprint density at radius 1 is 1.12 bits per heavy atom. The lowest BCUT2D eigenvalue weighted by Crippen LogP contribution is -2.48. The minimum absolute atomic E-state index is 0.0640. The number of nitrogens with two attached hydrogens (primary N) is 1. The first-order valence-electron chi connectivity index (χ1n) is 13.3. The van der Waals surface area contributed by atoms with E-state index in [2.05, 4.69) is 15.1 Å². The Hall–Kier alpha value is -3.28. The first kappa shape index (κ1) is 28.3. The Morgan fingerprint density at radius 3 is 2.55 bits per heavy atom. The number of halogens is 2. The maximum absolute atomic E-state index is 15.0. The fourth-order valence-electron chi connectivity index (χ4n) is 6.07. The van der Waals surface area contributed by atoms with Crippen molar-refractivity contribution in [3.05, 3.63) is 83.1 Å². The van der Waals surface area contributed by atoms with Crippen molar-refractivity contribution in [2.45, 2.75) is 56.9 Å². The highest BCUT2D eigenvalue weighted by Crippen LogP contribution is 2.39. The van der Waals surface area contributed by atoms with Gasteiger partial charge in [-0.15, -0.1) is 0 Å². The van der Waals surface area contributed by atoms with Crippen LogP contribution in [-0.2, 0) is 27.6 Å². The van der Waals surface area contributed by atoms with Crippen molar-refractivity contribution < 1.29 is 21.9 Å². The number of fused-ring (bicyclic) bond motifs is 1. The second kappa shape index (κ2) is 11.3. The van der Waals surface area contributed by atoms with Crippen LogP contribution >= 0.6 is 0 Å². The van der Waals surface area contributed by atoms with E-state index in [0.717, 1.165) is 11.1 Å². The summed E-state index contributed by atoms with van der Waals surface area (Å²) in [6, 6.07) is 7.31. The van der Waals surface area contributed by atoms with Crippen molar-refractivity contribution in [2.24, 2.45) is 11.7 Å². The molecule has 3 aromatic heterocycles. The third-order valence-corrected chi connectivity index (χ3v) is 9.51. The van der Waals surface area contributed by atoms with Crippen molar-refractivity contribution in [3.8, 4) is 11.3 Å². The fraction of sp³-hybridized carbons (Fsp3) is 0.414. The topological polar surface area (TPSA) is 112 Å². The summed E-state index contributed by atoms with van der Waals surface area (Å²) in [4.78, 5) is 8.86. The van der Waals surface area contributed by atoms with E-state index in [4.69, 9.17) is 10.5 Å². The van der Waals surface area contributed by atoms with Crippen LogP contribution in [0.4, 0.5) is 8.78 Å². The number of imidazole rings is 1. The number of sulfone groups is 1. The molecule has 3 heterocycles. The molecule has 0 spiro atoms.